The summed E-state index contributed by atoms with van der Waals surface area (Å²) in [4.78, 5) is 0. The van der Waals surface area contributed by atoms with Gasteiger partial charge in [-0.05, 0) is 49.8 Å². The van der Waals surface area contributed by atoms with Crippen LogP contribution < -0.4 is 14.8 Å². The Morgan fingerprint density at radius 1 is 1.17 bits per heavy atom. The van der Waals surface area contributed by atoms with Crippen molar-refractivity contribution in [2.24, 2.45) is 0 Å². The number of methoxy groups -OCH3 is 2. The molecular formula is C15H21NO2. The van der Waals surface area contributed by atoms with Crippen LogP contribution in [0.25, 0.3) is 0 Å². The van der Waals surface area contributed by atoms with Gasteiger partial charge < -0.3 is 14.8 Å². The first-order chi connectivity index (χ1) is 8.85. The van der Waals surface area contributed by atoms with Crippen molar-refractivity contribution >= 4 is 0 Å². The van der Waals surface area contributed by atoms with Gasteiger partial charge in [0.25, 0.3) is 0 Å². The second-order valence-electron chi connectivity index (χ2n) is 5.22. The summed E-state index contributed by atoms with van der Waals surface area (Å²) >= 11 is 0. The van der Waals surface area contributed by atoms with E-state index in [1.807, 2.05) is 0 Å². The molecule has 18 heavy (non-hydrogen) atoms. The van der Waals surface area contributed by atoms with E-state index in [4.69, 9.17) is 9.47 Å². The summed E-state index contributed by atoms with van der Waals surface area (Å²) in [7, 11) is 3.45. The summed E-state index contributed by atoms with van der Waals surface area (Å²) in [6, 6.07) is 4.94. The third kappa shape index (κ3) is 1.77. The number of hydrogen-bond donors (Lipinski definition) is 1. The Balaban J connectivity index is 2.04. The molecule has 0 amide bonds. The molecule has 1 N–H and O–H groups in total. The lowest BCUT2D eigenvalue weighted by Gasteiger charge is -2.38. The largest absolute Gasteiger partial charge is 0.493 e. The molecule has 2 atom stereocenters. The van der Waals surface area contributed by atoms with Gasteiger partial charge in [-0.3, -0.25) is 0 Å². The summed E-state index contributed by atoms with van der Waals surface area (Å²) in [6.07, 6.45) is 4.86. The fourth-order valence-corrected chi connectivity index (χ4v) is 3.54. The number of benzene rings is 1. The fourth-order valence-electron chi connectivity index (χ4n) is 3.54. The first kappa shape index (κ1) is 11.8. The summed E-state index contributed by atoms with van der Waals surface area (Å²) in [5.41, 5.74) is 2.83. The van der Waals surface area contributed by atoms with E-state index in [1.165, 1.54) is 36.9 Å². The smallest absolute Gasteiger partial charge is 0.164 e. The van der Waals surface area contributed by atoms with Crippen molar-refractivity contribution in [1.29, 1.82) is 0 Å². The average molecular weight is 247 g/mol. The standard InChI is InChI=1S/C15H21NO2/c1-17-14-8-6-10-11-4-3-9-16-13(11)7-5-12(10)15(14)18-2/h6,8,11,13,16H,3-5,7,9H2,1-2H3. The molecule has 0 bridgehead atoms. The normalized spacial score (nSPS) is 26.1. The predicted octanol–water partition coefficient (Wildman–Crippen LogP) is 2.49. The maximum absolute atomic E-state index is 5.57. The highest BCUT2D eigenvalue weighted by molar-refractivity contribution is 5.53. The fraction of sp³-hybridized carbons (Fsp3) is 0.600. The molecule has 2 unspecified atom stereocenters. The quantitative estimate of drug-likeness (QED) is 0.871. The first-order valence-corrected chi connectivity index (χ1v) is 6.82. The molecule has 0 spiro atoms. The highest BCUT2D eigenvalue weighted by atomic mass is 16.5. The Labute approximate surface area is 108 Å². The molecule has 1 aromatic rings. The Hall–Kier alpha value is -1.22. The molecule has 3 rings (SSSR count). The molecule has 2 aliphatic rings. The van der Waals surface area contributed by atoms with E-state index in [0.29, 0.717) is 12.0 Å². The number of piperidine rings is 1. The van der Waals surface area contributed by atoms with Crippen molar-refractivity contribution in [2.75, 3.05) is 20.8 Å². The molecule has 1 aromatic carbocycles. The molecule has 98 valence electrons. The average Bonchev–Trinajstić information content (AvgIpc) is 2.45. The minimum absolute atomic E-state index is 0.655. The minimum atomic E-state index is 0.655. The lowest BCUT2D eigenvalue weighted by atomic mass is 9.75. The zero-order valence-electron chi connectivity index (χ0n) is 11.2. The Morgan fingerprint density at radius 3 is 2.83 bits per heavy atom. The summed E-state index contributed by atoms with van der Waals surface area (Å²) < 4.78 is 11.0. The van der Waals surface area contributed by atoms with Crippen LogP contribution >= 0.6 is 0 Å². The van der Waals surface area contributed by atoms with Crippen molar-refractivity contribution in [1.82, 2.24) is 5.32 Å². The highest BCUT2D eigenvalue weighted by Gasteiger charge is 2.33. The van der Waals surface area contributed by atoms with Gasteiger partial charge in [-0.25, -0.2) is 0 Å². The monoisotopic (exact) mass is 247 g/mol. The minimum Gasteiger partial charge on any atom is -0.493 e. The first-order valence-electron chi connectivity index (χ1n) is 6.82. The van der Waals surface area contributed by atoms with E-state index in [-0.39, 0.29) is 0 Å². The molecule has 0 radical (unpaired) electrons. The van der Waals surface area contributed by atoms with Gasteiger partial charge >= 0.3 is 0 Å². The van der Waals surface area contributed by atoms with Crippen molar-refractivity contribution in [2.45, 2.75) is 37.6 Å². The van der Waals surface area contributed by atoms with Crippen LogP contribution in [0.1, 0.15) is 36.3 Å². The number of fused-ring (bicyclic) bond motifs is 3. The van der Waals surface area contributed by atoms with Crippen molar-refractivity contribution < 1.29 is 9.47 Å². The van der Waals surface area contributed by atoms with Gasteiger partial charge in [0, 0.05) is 11.6 Å². The lowest BCUT2D eigenvalue weighted by molar-refractivity contribution is 0.307. The zero-order valence-corrected chi connectivity index (χ0v) is 11.2. The predicted molar refractivity (Wildman–Crippen MR) is 71.6 cm³/mol. The van der Waals surface area contributed by atoms with Gasteiger partial charge in [0.15, 0.2) is 11.5 Å². The molecule has 0 aromatic heterocycles. The van der Waals surface area contributed by atoms with E-state index in [9.17, 15) is 0 Å². The molecule has 1 aliphatic heterocycles. The number of nitrogens with one attached hydrogen (secondary N) is 1. The van der Waals surface area contributed by atoms with Crippen LogP contribution in [0.5, 0.6) is 11.5 Å². The third-order valence-electron chi connectivity index (χ3n) is 4.37. The Kier molecular flexibility index (Phi) is 3.16. The zero-order chi connectivity index (χ0) is 12.5. The van der Waals surface area contributed by atoms with Crippen LogP contribution in [0.2, 0.25) is 0 Å². The van der Waals surface area contributed by atoms with Crippen LogP contribution in [-0.2, 0) is 6.42 Å². The molecule has 1 fully saturated rings. The van der Waals surface area contributed by atoms with Gasteiger partial charge in [0.1, 0.15) is 0 Å². The van der Waals surface area contributed by atoms with E-state index in [0.717, 1.165) is 17.9 Å². The van der Waals surface area contributed by atoms with Crippen molar-refractivity contribution in [3.8, 4) is 11.5 Å². The van der Waals surface area contributed by atoms with Crippen molar-refractivity contribution in [3.63, 3.8) is 0 Å². The Bertz CT molecular complexity index is 444. The van der Waals surface area contributed by atoms with E-state index in [2.05, 4.69) is 17.4 Å². The molecule has 0 saturated carbocycles. The number of hydrogen-bond acceptors (Lipinski definition) is 3. The van der Waals surface area contributed by atoms with Gasteiger partial charge in [0.2, 0.25) is 0 Å². The maximum atomic E-state index is 5.57. The van der Waals surface area contributed by atoms with Crippen LogP contribution in [0, 0.1) is 0 Å². The molecule has 3 nitrogen and oxygen atoms in total. The van der Waals surface area contributed by atoms with E-state index in [1.54, 1.807) is 14.2 Å². The van der Waals surface area contributed by atoms with Crippen LogP contribution in [-0.4, -0.2) is 26.8 Å². The van der Waals surface area contributed by atoms with Crippen LogP contribution in [0.4, 0.5) is 0 Å². The topological polar surface area (TPSA) is 30.5 Å². The molecule has 1 saturated heterocycles. The summed E-state index contributed by atoms with van der Waals surface area (Å²) in [6.45, 7) is 1.17. The maximum Gasteiger partial charge on any atom is 0.164 e. The van der Waals surface area contributed by atoms with Crippen molar-refractivity contribution in [3.05, 3.63) is 23.3 Å². The molecule has 3 heteroatoms. The second kappa shape index (κ2) is 4.81. The van der Waals surface area contributed by atoms with Gasteiger partial charge in [-0.2, -0.15) is 0 Å². The Morgan fingerprint density at radius 2 is 2.06 bits per heavy atom. The summed E-state index contributed by atoms with van der Waals surface area (Å²) in [5, 5.41) is 3.66. The molecule has 1 heterocycles. The van der Waals surface area contributed by atoms with E-state index >= 15 is 0 Å². The molecular weight excluding hydrogens is 226 g/mol. The van der Waals surface area contributed by atoms with Crippen LogP contribution in [0.3, 0.4) is 0 Å². The molecule has 1 aliphatic carbocycles. The van der Waals surface area contributed by atoms with Gasteiger partial charge in [-0.1, -0.05) is 6.07 Å². The highest BCUT2D eigenvalue weighted by Crippen LogP contribution is 2.44. The second-order valence-corrected chi connectivity index (χ2v) is 5.22. The van der Waals surface area contributed by atoms with Gasteiger partial charge in [0.05, 0.1) is 14.2 Å². The lowest BCUT2D eigenvalue weighted by Crippen LogP contribution is -2.42. The summed E-state index contributed by atoms with van der Waals surface area (Å²) in [5.74, 6) is 2.46. The van der Waals surface area contributed by atoms with Crippen LogP contribution in [0.15, 0.2) is 12.1 Å². The number of ether oxygens (including phenoxy) is 2. The third-order valence-corrected chi connectivity index (χ3v) is 4.37. The van der Waals surface area contributed by atoms with E-state index < -0.39 is 0 Å². The SMILES string of the molecule is COc1ccc2c(c1OC)CCC1NCCCC21. The number of rotatable bonds is 2. The van der Waals surface area contributed by atoms with Gasteiger partial charge in [-0.15, -0.1) is 0 Å².